The number of methoxy groups -OCH3 is 1. The molecular weight excluding hydrogens is 650 g/mol. The van der Waals surface area contributed by atoms with Gasteiger partial charge < -0.3 is 24.3 Å². The Morgan fingerprint density at radius 3 is 2.45 bits per heavy atom. The van der Waals surface area contributed by atoms with Gasteiger partial charge in [0.2, 0.25) is 5.95 Å². The summed E-state index contributed by atoms with van der Waals surface area (Å²) in [6.45, 7) is 13.2. The summed E-state index contributed by atoms with van der Waals surface area (Å²) in [5.41, 5.74) is 2.42. The van der Waals surface area contributed by atoms with Crippen LogP contribution in [0.1, 0.15) is 78.3 Å². The van der Waals surface area contributed by atoms with Crippen LogP contribution in [0.4, 0.5) is 11.6 Å². The molecule has 15 nitrogen and oxygen atoms in total. The molecule has 1 saturated carbocycles. The minimum absolute atomic E-state index is 0.268. The van der Waals surface area contributed by atoms with Gasteiger partial charge in [0.15, 0.2) is 0 Å². The average molecular weight is 700 g/mol. The number of nitriles is 1. The van der Waals surface area contributed by atoms with Crippen molar-refractivity contribution in [3.05, 3.63) is 48.7 Å². The highest BCUT2D eigenvalue weighted by molar-refractivity contribution is 5.67. The third-order valence-corrected chi connectivity index (χ3v) is 9.70. The van der Waals surface area contributed by atoms with Crippen molar-refractivity contribution in [3.63, 3.8) is 0 Å². The maximum absolute atomic E-state index is 9.69. The van der Waals surface area contributed by atoms with Gasteiger partial charge in [-0.3, -0.25) is 9.58 Å². The molecule has 2 fully saturated rings. The number of nitrogens with one attached hydrogen (secondary N) is 1. The Balaban J connectivity index is 1.14. The summed E-state index contributed by atoms with van der Waals surface area (Å²) in [4.78, 5) is 11.9. The molecule has 272 valence electrons. The van der Waals surface area contributed by atoms with Crippen LogP contribution in [-0.4, -0.2) is 102 Å². The largest absolute Gasteiger partial charge is 0.487 e. The number of anilines is 2. The molecule has 1 aromatic carbocycles. The van der Waals surface area contributed by atoms with Gasteiger partial charge in [0.25, 0.3) is 5.88 Å². The van der Waals surface area contributed by atoms with Gasteiger partial charge >= 0.3 is 0 Å². The van der Waals surface area contributed by atoms with Gasteiger partial charge in [-0.1, -0.05) is 6.07 Å². The summed E-state index contributed by atoms with van der Waals surface area (Å²) in [5.74, 6) is 1.39. The van der Waals surface area contributed by atoms with Crippen molar-refractivity contribution in [1.29, 1.82) is 5.26 Å². The second-order valence-electron chi connectivity index (χ2n) is 14.3. The highest BCUT2D eigenvalue weighted by Gasteiger charge is 2.32. The van der Waals surface area contributed by atoms with Gasteiger partial charge in [-0.05, 0) is 88.4 Å². The predicted molar refractivity (Wildman–Crippen MR) is 190 cm³/mol. The van der Waals surface area contributed by atoms with Crippen molar-refractivity contribution >= 4 is 11.6 Å². The quantitative estimate of drug-likeness (QED) is 0.183. The number of aromatic nitrogens is 8. The van der Waals surface area contributed by atoms with Gasteiger partial charge in [-0.15, -0.1) is 10.2 Å². The van der Waals surface area contributed by atoms with E-state index in [2.05, 4.69) is 55.6 Å². The van der Waals surface area contributed by atoms with E-state index in [1.54, 1.807) is 30.3 Å². The lowest BCUT2D eigenvalue weighted by molar-refractivity contribution is -0.0852. The van der Waals surface area contributed by atoms with Crippen molar-refractivity contribution < 1.29 is 18.9 Å². The van der Waals surface area contributed by atoms with Gasteiger partial charge in [-0.25, -0.2) is 14.6 Å². The zero-order valence-electron chi connectivity index (χ0n) is 30.4. The standard InChI is InChI=1S/C36H49N11O4/c1-24-19-45(20-25(2)50-24)30-9-11-31(12-10-30)47-22-32(34(42-47)49-14-13-36(4,5)48-6)41-35-38-17-29(18-39-35)27-7-8-28(16-37)33(15-27)51-26(3)21-46-23-40-43-44-46/h7-8,15,17-18,22-26,30-31H,9-14,19-21H2,1-6H3,(H,38,39,41)/t24-,25+,26?,30?,31?. The summed E-state index contributed by atoms with van der Waals surface area (Å²) < 4.78 is 27.6. The van der Waals surface area contributed by atoms with Crippen molar-refractivity contribution in [3.8, 4) is 28.8 Å². The van der Waals surface area contributed by atoms with Crippen LogP contribution in [0.2, 0.25) is 0 Å². The molecule has 4 aromatic rings. The van der Waals surface area contributed by atoms with Crippen molar-refractivity contribution in [2.24, 2.45) is 0 Å². The lowest BCUT2D eigenvalue weighted by Gasteiger charge is -2.42. The van der Waals surface area contributed by atoms with Crippen LogP contribution >= 0.6 is 0 Å². The Hall–Kier alpha value is -4.65. The van der Waals surface area contributed by atoms with E-state index in [4.69, 9.17) is 24.0 Å². The molecule has 0 radical (unpaired) electrons. The highest BCUT2D eigenvalue weighted by atomic mass is 16.5. The zero-order chi connectivity index (χ0) is 36.0. The fraction of sp³-hybridized carbons (Fsp3) is 0.583. The maximum Gasteiger partial charge on any atom is 0.256 e. The number of hydrogen-bond donors (Lipinski definition) is 1. The average Bonchev–Trinajstić information content (AvgIpc) is 3.78. The fourth-order valence-corrected chi connectivity index (χ4v) is 6.79. The molecule has 4 heterocycles. The molecule has 6 rings (SSSR count). The lowest BCUT2D eigenvalue weighted by Crippen LogP contribution is -2.51. The molecule has 0 amide bonds. The van der Waals surface area contributed by atoms with Crippen LogP contribution in [-0.2, 0) is 16.0 Å². The normalized spacial score (nSPS) is 21.9. The Kier molecular flexibility index (Phi) is 11.4. The second kappa shape index (κ2) is 16.1. The van der Waals surface area contributed by atoms with E-state index in [1.807, 2.05) is 43.8 Å². The Morgan fingerprint density at radius 1 is 1.06 bits per heavy atom. The van der Waals surface area contributed by atoms with Gasteiger partial charge in [0.1, 0.15) is 29.9 Å². The van der Waals surface area contributed by atoms with Crippen molar-refractivity contribution in [2.75, 3.05) is 32.1 Å². The Morgan fingerprint density at radius 2 is 1.78 bits per heavy atom. The highest BCUT2D eigenvalue weighted by Crippen LogP contribution is 2.36. The number of rotatable bonds is 14. The number of ether oxygens (including phenoxy) is 4. The molecule has 0 bridgehead atoms. The predicted octanol–water partition coefficient (Wildman–Crippen LogP) is 5.20. The van der Waals surface area contributed by atoms with Crippen LogP contribution in [0.3, 0.4) is 0 Å². The summed E-state index contributed by atoms with van der Waals surface area (Å²) in [6.07, 6.45) is 12.3. The van der Waals surface area contributed by atoms with Crippen LogP contribution in [0.25, 0.3) is 11.1 Å². The molecule has 1 saturated heterocycles. The Labute approximate surface area is 299 Å². The summed E-state index contributed by atoms with van der Waals surface area (Å²) in [7, 11) is 1.71. The monoisotopic (exact) mass is 699 g/mol. The lowest BCUT2D eigenvalue weighted by atomic mass is 9.89. The number of tetrazole rings is 1. The van der Waals surface area contributed by atoms with Crippen LogP contribution in [0.15, 0.2) is 43.1 Å². The van der Waals surface area contributed by atoms with Gasteiger partial charge in [0, 0.05) is 50.6 Å². The molecule has 51 heavy (non-hydrogen) atoms. The van der Waals surface area contributed by atoms with Crippen LogP contribution in [0.5, 0.6) is 11.6 Å². The fourth-order valence-electron chi connectivity index (χ4n) is 6.79. The molecule has 3 aromatic heterocycles. The maximum atomic E-state index is 9.69. The molecule has 1 aliphatic heterocycles. The first-order valence-corrected chi connectivity index (χ1v) is 17.8. The molecular formula is C36H49N11O4. The number of benzene rings is 1. The van der Waals surface area contributed by atoms with E-state index in [-0.39, 0.29) is 30.0 Å². The van der Waals surface area contributed by atoms with Crippen molar-refractivity contribution in [2.45, 2.75) is 109 Å². The van der Waals surface area contributed by atoms with E-state index < -0.39 is 0 Å². The van der Waals surface area contributed by atoms with E-state index >= 15 is 0 Å². The first-order chi connectivity index (χ1) is 24.6. The van der Waals surface area contributed by atoms with Crippen LogP contribution < -0.4 is 14.8 Å². The molecule has 1 aliphatic carbocycles. The number of hydrogen-bond acceptors (Lipinski definition) is 13. The molecule has 15 heteroatoms. The van der Waals surface area contributed by atoms with Crippen LogP contribution in [0, 0.1) is 11.3 Å². The topological polar surface area (TPSA) is 163 Å². The summed E-state index contributed by atoms with van der Waals surface area (Å²) in [6, 6.07) is 8.47. The molecule has 1 unspecified atom stereocenters. The van der Waals surface area contributed by atoms with E-state index in [0.29, 0.717) is 54.4 Å². The molecule has 1 N–H and O–H groups in total. The van der Waals surface area contributed by atoms with E-state index in [9.17, 15) is 5.26 Å². The number of morpholine rings is 1. The molecule has 2 aliphatic rings. The van der Waals surface area contributed by atoms with E-state index in [1.165, 1.54) is 6.33 Å². The second-order valence-corrected chi connectivity index (χ2v) is 14.3. The minimum Gasteiger partial charge on any atom is -0.487 e. The first-order valence-electron chi connectivity index (χ1n) is 17.8. The van der Waals surface area contributed by atoms with E-state index in [0.717, 1.165) is 49.9 Å². The number of nitrogens with zero attached hydrogens (tertiary/aromatic N) is 10. The third-order valence-electron chi connectivity index (χ3n) is 9.70. The molecule has 3 atom stereocenters. The molecule has 0 spiro atoms. The first kappa shape index (κ1) is 36.2. The van der Waals surface area contributed by atoms with Gasteiger partial charge in [-0.2, -0.15) is 5.26 Å². The third kappa shape index (κ3) is 9.37. The summed E-state index contributed by atoms with van der Waals surface area (Å²) >= 11 is 0. The minimum atomic E-state index is -0.314. The van der Waals surface area contributed by atoms with Crippen molar-refractivity contribution in [1.82, 2.24) is 44.9 Å². The zero-order valence-corrected chi connectivity index (χ0v) is 30.4. The SMILES string of the molecule is COC(C)(C)CCOc1nn(C2CCC(N3C[C@@H](C)O[C@@H](C)C3)CC2)cc1Nc1ncc(-c2ccc(C#N)c(OC(C)Cn3cnnn3)c2)cn1. The Bertz CT molecular complexity index is 1740. The smallest absolute Gasteiger partial charge is 0.256 e. The summed E-state index contributed by atoms with van der Waals surface area (Å²) in [5, 5.41) is 29.2. The van der Waals surface area contributed by atoms with Gasteiger partial charge in [0.05, 0.1) is 48.8 Å².